The third-order valence-corrected chi connectivity index (χ3v) is 9.13. The molecule has 0 fully saturated rings. The van der Waals surface area contributed by atoms with E-state index in [0.717, 1.165) is 68.3 Å². The van der Waals surface area contributed by atoms with Crippen molar-refractivity contribution in [3.63, 3.8) is 0 Å². The van der Waals surface area contributed by atoms with E-state index in [-0.39, 0.29) is 11.9 Å². The number of esters is 1. The number of rotatable bonds is 16. The van der Waals surface area contributed by atoms with Gasteiger partial charge in [-0.15, -0.1) is 0 Å². The Balaban J connectivity index is 1.45. The Morgan fingerprint density at radius 3 is 2.39 bits per heavy atom. The topological polar surface area (TPSA) is 44.1 Å². The van der Waals surface area contributed by atoms with E-state index in [1.807, 2.05) is 13.1 Å². The number of pyridine rings is 1. The number of carbonyl (C=O) groups excluding carboxylic acids is 1. The molecule has 0 bridgehead atoms. The highest BCUT2D eigenvalue weighted by molar-refractivity contribution is 5.86. The molecule has 224 valence electrons. The van der Waals surface area contributed by atoms with E-state index in [1.165, 1.54) is 71.8 Å². The molecule has 0 saturated carbocycles. The monoisotopic (exact) mass is 560 g/mol. The van der Waals surface area contributed by atoms with E-state index in [1.54, 1.807) is 0 Å². The number of quaternary nitrogens is 1. The minimum absolute atomic E-state index is 0.0353. The first-order chi connectivity index (χ1) is 19.8. The van der Waals surface area contributed by atoms with Crippen molar-refractivity contribution in [2.24, 2.45) is 5.92 Å². The average molecular weight is 561 g/mol. The van der Waals surface area contributed by atoms with Gasteiger partial charge in [0.25, 0.3) is 0 Å². The van der Waals surface area contributed by atoms with E-state index < -0.39 is 0 Å². The summed E-state index contributed by atoms with van der Waals surface area (Å²) >= 11 is 0. The van der Waals surface area contributed by atoms with Crippen LogP contribution in [0, 0.1) is 19.8 Å². The van der Waals surface area contributed by atoms with Crippen LogP contribution in [-0.2, 0) is 35.5 Å². The normalized spacial score (nSPS) is 16.8. The second kappa shape index (κ2) is 15.0. The van der Waals surface area contributed by atoms with Crippen molar-refractivity contribution in [2.45, 2.75) is 118 Å². The van der Waals surface area contributed by atoms with Gasteiger partial charge in [-0.1, -0.05) is 82.9 Å². The quantitative estimate of drug-likeness (QED) is 0.100. The van der Waals surface area contributed by atoms with Gasteiger partial charge in [-0.2, -0.15) is 0 Å². The van der Waals surface area contributed by atoms with Crippen molar-refractivity contribution < 1.29 is 14.0 Å². The van der Waals surface area contributed by atoms with E-state index >= 15 is 0 Å². The van der Waals surface area contributed by atoms with Crippen LogP contribution in [0.25, 0.3) is 10.9 Å². The lowest BCUT2D eigenvalue weighted by Gasteiger charge is -2.37. The first-order valence-electron chi connectivity index (χ1n) is 16.4. The standard InChI is InChI=1S/C36H54N3O2/c1-6-8-10-12-14-31(15-13-11-9-7-2)36(40)41-27-39(5)23-21-35-33(26-39)32-24-28(3)16-19-34(32)38(35)22-20-30-18-17-29(4)37-25-30/h16-19,24-25,31H,6-15,20-23,26-27H2,1-5H3/q+1. The highest BCUT2D eigenvalue weighted by Gasteiger charge is 2.34. The zero-order valence-electron chi connectivity index (χ0n) is 26.5. The largest absolute Gasteiger partial charge is 0.415 e. The Morgan fingerprint density at radius 1 is 1.00 bits per heavy atom. The van der Waals surface area contributed by atoms with E-state index in [4.69, 9.17) is 4.74 Å². The minimum atomic E-state index is 0.0353. The summed E-state index contributed by atoms with van der Waals surface area (Å²) in [5, 5.41) is 1.36. The molecule has 0 saturated heterocycles. The van der Waals surface area contributed by atoms with Gasteiger partial charge in [0.15, 0.2) is 0 Å². The van der Waals surface area contributed by atoms with Crippen LogP contribution in [-0.4, -0.2) is 40.3 Å². The third kappa shape index (κ3) is 8.44. The maximum Gasteiger partial charge on any atom is 0.313 e. The molecule has 1 unspecified atom stereocenters. The van der Waals surface area contributed by atoms with Crippen molar-refractivity contribution in [1.29, 1.82) is 0 Å². The van der Waals surface area contributed by atoms with Crippen LogP contribution in [0.3, 0.4) is 0 Å². The highest BCUT2D eigenvalue weighted by atomic mass is 16.5. The van der Waals surface area contributed by atoms with Crippen molar-refractivity contribution in [2.75, 3.05) is 20.3 Å². The molecule has 0 aliphatic carbocycles. The Labute approximate surface area is 248 Å². The number of hydrogen-bond acceptors (Lipinski definition) is 3. The molecule has 2 aromatic heterocycles. The van der Waals surface area contributed by atoms with Crippen molar-refractivity contribution >= 4 is 16.9 Å². The fourth-order valence-corrected chi connectivity index (χ4v) is 6.49. The number of ether oxygens (including phenoxy) is 1. The first kappa shape index (κ1) is 31.3. The average Bonchev–Trinajstić information content (AvgIpc) is 3.26. The van der Waals surface area contributed by atoms with Gasteiger partial charge in [0.2, 0.25) is 6.73 Å². The van der Waals surface area contributed by atoms with Crippen molar-refractivity contribution in [3.05, 3.63) is 64.6 Å². The molecule has 3 heterocycles. The predicted octanol–water partition coefficient (Wildman–Crippen LogP) is 8.46. The molecule has 5 heteroatoms. The number of nitrogens with zero attached hydrogens (tertiary/aromatic N) is 3. The molecule has 0 amide bonds. The summed E-state index contributed by atoms with van der Waals surface area (Å²) in [7, 11) is 2.27. The van der Waals surface area contributed by atoms with Gasteiger partial charge in [-0.25, -0.2) is 0 Å². The zero-order valence-corrected chi connectivity index (χ0v) is 26.5. The Kier molecular flexibility index (Phi) is 11.4. The zero-order chi connectivity index (χ0) is 29.2. The van der Waals surface area contributed by atoms with E-state index in [2.05, 4.69) is 67.7 Å². The first-order valence-corrected chi connectivity index (χ1v) is 16.4. The molecule has 1 aliphatic heterocycles. The van der Waals surface area contributed by atoms with Crippen LogP contribution in [0.2, 0.25) is 0 Å². The van der Waals surface area contributed by atoms with Crippen LogP contribution >= 0.6 is 0 Å². The van der Waals surface area contributed by atoms with Crippen LogP contribution in [0.15, 0.2) is 36.5 Å². The number of hydrogen-bond donors (Lipinski definition) is 0. The van der Waals surface area contributed by atoms with Gasteiger partial charge < -0.3 is 9.30 Å². The highest BCUT2D eigenvalue weighted by Crippen LogP contribution is 2.34. The lowest BCUT2D eigenvalue weighted by Crippen LogP contribution is -2.49. The Morgan fingerprint density at radius 2 is 1.73 bits per heavy atom. The third-order valence-electron chi connectivity index (χ3n) is 9.13. The predicted molar refractivity (Wildman–Crippen MR) is 170 cm³/mol. The summed E-state index contributed by atoms with van der Waals surface area (Å²) in [4.78, 5) is 17.9. The number of benzene rings is 1. The minimum Gasteiger partial charge on any atom is -0.415 e. The summed E-state index contributed by atoms with van der Waals surface area (Å²) in [6.45, 7) is 12.0. The lowest BCUT2D eigenvalue weighted by molar-refractivity contribution is -0.940. The summed E-state index contributed by atoms with van der Waals surface area (Å²) in [6.07, 6.45) is 15.6. The van der Waals surface area contributed by atoms with E-state index in [9.17, 15) is 4.79 Å². The molecule has 4 rings (SSSR count). The van der Waals surface area contributed by atoms with Crippen LogP contribution in [0.5, 0.6) is 0 Å². The summed E-state index contributed by atoms with van der Waals surface area (Å²) < 4.78 is 9.45. The molecule has 0 spiro atoms. The maximum atomic E-state index is 13.4. The molecular weight excluding hydrogens is 506 g/mol. The summed E-state index contributed by atoms with van der Waals surface area (Å²) in [5.74, 6) is 0.0876. The molecule has 41 heavy (non-hydrogen) atoms. The summed E-state index contributed by atoms with van der Waals surface area (Å²) in [6, 6.07) is 11.2. The van der Waals surface area contributed by atoms with Crippen molar-refractivity contribution in [1.82, 2.24) is 9.55 Å². The number of aromatic nitrogens is 2. The molecule has 0 N–H and O–H groups in total. The second-order valence-corrected chi connectivity index (χ2v) is 12.9. The maximum absolute atomic E-state index is 13.4. The van der Waals surface area contributed by atoms with Gasteiger partial charge in [0.1, 0.15) is 6.54 Å². The van der Waals surface area contributed by atoms with Gasteiger partial charge in [-0.3, -0.25) is 14.3 Å². The number of aryl methyl sites for hydroxylation is 4. The molecule has 3 aromatic rings. The molecule has 1 atom stereocenters. The van der Waals surface area contributed by atoms with Gasteiger partial charge in [-0.05, 0) is 56.9 Å². The van der Waals surface area contributed by atoms with Gasteiger partial charge in [0, 0.05) is 47.0 Å². The number of unbranched alkanes of at least 4 members (excludes halogenated alkanes) is 6. The van der Waals surface area contributed by atoms with Gasteiger partial charge in [0.05, 0.1) is 19.5 Å². The second-order valence-electron chi connectivity index (χ2n) is 12.9. The number of likely N-dealkylation sites (N-methyl/N-ethyl adjacent to an activating group) is 1. The molecular formula is C36H54N3O2+. The molecule has 0 radical (unpaired) electrons. The smallest absolute Gasteiger partial charge is 0.313 e. The fourth-order valence-electron chi connectivity index (χ4n) is 6.49. The van der Waals surface area contributed by atoms with Crippen molar-refractivity contribution in [3.8, 4) is 0 Å². The number of fused-ring (bicyclic) bond motifs is 3. The molecule has 5 nitrogen and oxygen atoms in total. The fraction of sp³-hybridized carbons (Fsp3) is 0.611. The van der Waals surface area contributed by atoms with Crippen LogP contribution in [0.4, 0.5) is 0 Å². The van der Waals surface area contributed by atoms with Crippen LogP contribution < -0.4 is 0 Å². The SMILES string of the molecule is CCCCCCC(CCCCCC)C(=O)OC[N+]1(C)CCc2c(c3cc(C)ccc3n2CCc2ccc(C)nc2)C1. The van der Waals surface area contributed by atoms with Crippen LogP contribution in [0.1, 0.15) is 106 Å². The Hall–Kier alpha value is -2.66. The Bertz CT molecular complexity index is 1250. The molecule has 1 aromatic carbocycles. The lowest BCUT2D eigenvalue weighted by atomic mass is 9.94. The summed E-state index contributed by atoms with van der Waals surface area (Å²) in [5.41, 5.74) is 7.85. The van der Waals surface area contributed by atoms with Gasteiger partial charge >= 0.3 is 5.97 Å². The molecule has 1 aliphatic rings. The number of carbonyl (C=O) groups is 1. The van der Waals surface area contributed by atoms with E-state index in [0.29, 0.717) is 6.73 Å².